The van der Waals surface area contributed by atoms with Crippen molar-refractivity contribution in [3.8, 4) is 0 Å². The summed E-state index contributed by atoms with van der Waals surface area (Å²) in [6.07, 6.45) is -2.75. The van der Waals surface area contributed by atoms with Crippen LogP contribution < -0.4 is 5.32 Å². The minimum atomic E-state index is -4.37. The fraction of sp³-hybridized carbons (Fsp3) is 0.737. The molecule has 1 fully saturated rings. The first kappa shape index (κ1) is 23.2. The Balaban J connectivity index is 1.94. The average molecular weight is 418 g/mol. The maximum atomic E-state index is 12.7. The third-order valence-corrected chi connectivity index (χ3v) is 5.31. The SMILES string of the molecule is COCCC(=O)N1CCC(NC(=O)C(C)c2c(C)nn(CC(F)(F)F)c2C)CC1. The van der Waals surface area contributed by atoms with E-state index in [9.17, 15) is 22.8 Å². The van der Waals surface area contributed by atoms with Gasteiger partial charge < -0.3 is 15.0 Å². The van der Waals surface area contributed by atoms with Gasteiger partial charge in [-0.15, -0.1) is 0 Å². The van der Waals surface area contributed by atoms with Gasteiger partial charge in [0.25, 0.3) is 0 Å². The second kappa shape index (κ2) is 9.60. The highest BCUT2D eigenvalue weighted by molar-refractivity contribution is 5.84. The predicted molar refractivity (Wildman–Crippen MR) is 100 cm³/mol. The molecule has 2 rings (SSSR count). The molecule has 1 N–H and O–H groups in total. The molecule has 1 saturated heterocycles. The standard InChI is InChI=1S/C19H29F3N4O3/c1-12(17-13(2)24-26(14(17)3)11-19(20,21)22)18(28)23-15-5-8-25(9-6-15)16(27)7-10-29-4/h12,15H,5-11H2,1-4H3,(H,23,28). The van der Waals surface area contributed by atoms with Crippen molar-refractivity contribution in [3.63, 3.8) is 0 Å². The Labute approximate surface area is 168 Å². The first-order valence-electron chi connectivity index (χ1n) is 9.71. The number of hydrogen-bond acceptors (Lipinski definition) is 4. The Bertz CT molecular complexity index is 725. The number of likely N-dealkylation sites (tertiary alicyclic amines) is 1. The summed E-state index contributed by atoms with van der Waals surface area (Å²) >= 11 is 0. The van der Waals surface area contributed by atoms with Gasteiger partial charge in [-0.25, -0.2) is 0 Å². The molecule has 0 radical (unpaired) electrons. The number of carbonyl (C=O) groups excluding carboxylic acids is 2. The molecule has 0 saturated carbocycles. The lowest BCUT2D eigenvalue weighted by Crippen LogP contribution is -2.47. The second-order valence-corrected chi connectivity index (χ2v) is 7.49. The lowest BCUT2D eigenvalue weighted by molar-refractivity contribution is -0.143. The zero-order valence-electron chi connectivity index (χ0n) is 17.3. The van der Waals surface area contributed by atoms with Gasteiger partial charge >= 0.3 is 6.18 Å². The van der Waals surface area contributed by atoms with Crippen LogP contribution in [0.5, 0.6) is 0 Å². The summed E-state index contributed by atoms with van der Waals surface area (Å²) < 4.78 is 44.0. The van der Waals surface area contributed by atoms with Crippen LogP contribution in [0.1, 0.15) is 49.1 Å². The van der Waals surface area contributed by atoms with Crippen molar-refractivity contribution >= 4 is 11.8 Å². The molecule has 0 aliphatic carbocycles. The Hall–Kier alpha value is -2.10. The molecular formula is C19H29F3N4O3. The number of hydrogen-bond donors (Lipinski definition) is 1. The highest BCUT2D eigenvalue weighted by Gasteiger charge is 2.32. The number of ether oxygens (including phenoxy) is 1. The Morgan fingerprint density at radius 2 is 1.90 bits per heavy atom. The van der Waals surface area contributed by atoms with E-state index in [1.54, 1.807) is 32.8 Å². The summed E-state index contributed by atoms with van der Waals surface area (Å²) in [5.74, 6) is -0.821. The minimum Gasteiger partial charge on any atom is -0.384 e. The van der Waals surface area contributed by atoms with Crippen molar-refractivity contribution in [2.24, 2.45) is 0 Å². The van der Waals surface area contributed by atoms with Gasteiger partial charge in [-0.3, -0.25) is 14.3 Å². The molecule has 10 heteroatoms. The number of piperidine rings is 1. The molecule has 1 aliphatic heterocycles. The lowest BCUT2D eigenvalue weighted by Gasteiger charge is -2.33. The normalized spacial score (nSPS) is 16.7. The summed E-state index contributed by atoms with van der Waals surface area (Å²) in [6, 6.07) is -0.0674. The van der Waals surface area contributed by atoms with Crippen LogP contribution in [0, 0.1) is 13.8 Å². The molecule has 2 amide bonds. The number of methoxy groups -OCH3 is 1. The third kappa shape index (κ3) is 6.19. The van der Waals surface area contributed by atoms with E-state index in [0.717, 1.165) is 4.68 Å². The van der Waals surface area contributed by atoms with Crippen molar-refractivity contribution in [2.75, 3.05) is 26.8 Å². The fourth-order valence-corrected chi connectivity index (χ4v) is 3.74. The molecule has 0 aromatic carbocycles. The van der Waals surface area contributed by atoms with E-state index in [-0.39, 0.29) is 17.9 Å². The van der Waals surface area contributed by atoms with Gasteiger partial charge in [-0.05, 0) is 33.6 Å². The van der Waals surface area contributed by atoms with Crippen LogP contribution in [0.25, 0.3) is 0 Å². The summed E-state index contributed by atoms with van der Waals surface area (Å²) in [6.45, 7) is 5.16. The molecule has 164 valence electrons. The largest absolute Gasteiger partial charge is 0.408 e. The monoisotopic (exact) mass is 418 g/mol. The number of nitrogens with one attached hydrogen (secondary N) is 1. The molecule has 0 spiro atoms. The van der Waals surface area contributed by atoms with Crippen LogP contribution in [-0.2, 0) is 20.9 Å². The molecule has 1 atom stereocenters. The van der Waals surface area contributed by atoms with Crippen molar-refractivity contribution in [1.82, 2.24) is 20.0 Å². The van der Waals surface area contributed by atoms with Gasteiger partial charge in [0, 0.05) is 37.5 Å². The zero-order chi connectivity index (χ0) is 21.8. The van der Waals surface area contributed by atoms with Crippen LogP contribution in [0.3, 0.4) is 0 Å². The number of halogens is 3. The van der Waals surface area contributed by atoms with Crippen LogP contribution >= 0.6 is 0 Å². The van der Waals surface area contributed by atoms with E-state index in [4.69, 9.17) is 4.74 Å². The quantitative estimate of drug-likeness (QED) is 0.737. The molecule has 1 unspecified atom stereocenters. The van der Waals surface area contributed by atoms with E-state index >= 15 is 0 Å². The summed E-state index contributed by atoms with van der Waals surface area (Å²) in [4.78, 5) is 26.5. The molecule has 1 aromatic heterocycles. The van der Waals surface area contributed by atoms with Crippen molar-refractivity contribution < 1.29 is 27.5 Å². The Morgan fingerprint density at radius 3 is 2.45 bits per heavy atom. The van der Waals surface area contributed by atoms with Gasteiger partial charge in [-0.1, -0.05) is 0 Å². The smallest absolute Gasteiger partial charge is 0.384 e. The van der Waals surface area contributed by atoms with Crippen molar-refractivity contribution in [2.45, 2.75) is 64.7 Å². The van der Waals surface area contributed by atoms with Gasteiger partial charge in [0.1, 0.15) is 6.54 Å². The molecule has 0 bridgehead atoms. The first-order valence-corrected chi connectivity index (χ1v) is 9.71. The number of carbonyl (C=O) groups is 2. The van der Waals surface area contributed by atoms with Crippen LogP contribution in [0.15, 0.2) is 0 Å². The van der Waals surface area contributed by atoms with Crippen molar-refractivity contribution in [3.05, 3.63) is 17.0 Å². The Morgan fingerprint density at radius 1 is 1.28 bits per heavy atom. The fourth-order valence-electron chi connectivity index (χ4n) is 3.74. The van der Waals surface area contributed by atoms with Gasteiger partial charge in [-0.2, -0.15) is 18.3 Å². The molecule has 1 aromatic rings. The maximum absolute atomic E-state index is 12.7. The van der Waals surface area contributed by atoms with E-state index < -0.39 is 18.6 Å². The second-order valence-electron chi connectivity index (χ2n) is 7.49. The Kier molecular flexibility index (Phi) is 7.67. The number of amides is 2. The molecule has 7 nitrogen and oxygen atoms in total. The van der Waals surface area contributed by atoms with E-state index in [1.807, 2.05) is 0 Å². The van der Waals surface area contributed by atoms with E-state index in [1.165, 1.54) is 0 Å². The topological polar surface area (TPSA) is 76.5 Å². The third-order valence-electron chi connectivity index (χ3n) is 5.31. The lowest BCUT2D eigenvalue weighted by atomic mass is 9.96. The van der Waals surface area contributed by atoms with Gasteiger partial charge in [0.15, 0.2) is 0 Å². The molecule has 1 aliphatic rings. The summed E-state index contributed by atoms with van der Waals surface area (Å²) in [5, 5.41) is 6.93. The van der Waals surface area contributed by atoms with Gasteiger partial charge in [0.05, 0.1) is 24.6 Å². The predicted octanol–water partition coefficient (Wildman–Crippen LogP) is 2.31. The van der Waals surface area contributed by atoms with Crippen LogP contribution in [0.4, 0.5) is 13.2 Å². The van der Waals surface area contributed by atoms with Gasteiger partial charge in [0.2, 0.25) is 11.8 Å². The highest BCUT2D eigenvalue weighted by atomic mass is 19.4. The molecule has 29 heavy (non-hydrogen) atoms. The first-order chi connectivity index (χ1) is 13.5. The number of aryl methyl sites for hydroxylation is 1. The average Bonchev–Trinajstić information content (AvgIpc) is 2.91. The minimum absolute atomic E-state index is 0.0355. The van der Waals surface area contributed by atoms with Crippen LogP contribution in [-0.4, -0.2) is 65.5 Å². The number of alkyl halides is 3. The van der Waals surface area contributed by atoms with Crippen LogP contribution in [0.2, 0.25) is 0 Å². The number of aromatic nitrogens is 2. The van der Waals surface area contributed by atoms with E-state index in [0.29, 0.717) is 55.9 Å². The number of rotatable bonds is 7. The molecule has 2 heterocycles. The van der Waals surface area contributed by atoms with E-state index in [2.05, 4.69) is 10.4 Å². The maximum Gasteiger partial charge on any atom is 0.408 e. The molecular weight excluding hydrogens is 389 g/mol. The highest BCUT2D eigenvalue weighted by Crippen LogP contribution is 2.27. The summed E-state index contributed by atoms with van der Waals surface area (Å²) in [5.41, 5.74) is 1.30. The van der Waals surface area contributed by atoms with Crippen molar-refractivity contribution in [1.29, 1.82) is 0 Å². The number of nitrogens with zero attached hydrogens (tertiary/aromatic N) is 3. The summed E-state index contributed by atoms with van der Waals surface area (Å²) in [7, 11) is 1.55. The zero-order valence-corrected chi connectivity index (χ0v) is 17.3.